The van der Waals surface area contributed by atoms with Crippen LogP contribution in [0.1, 0.15) is 37.8 Å². The highest BCUT2D eigenvalue weighted by Crippen LogP contribution is 2.34. The molecule has 5 aromatic heterocycles. The maximum absolute atomic E-state index is 6.27. The van der Waals surface area contributed by atoms with Crippen LogP contribution in [0.2, 0.25) is 0 Å². The average Bonchev–Trinajstić information content (AvgIpc) is 3.66. The van der Waals surface area contributed by atoms with Crippen LogP contribution in [0.3, 0.4) is 0 Å². The standard InChI is InChI=1S/C29H27N7O/c1-18-16-36(17-32-18)29-24-13-27(33-25(24)9-10-31-29)28-23-12-19(7-8-26(23)34-35-28)20-11-22(15-30-14-20)37-21-5-3-2-4-6-21/h7-17,21,33H,2-6H2,1H3,(H,34,35). The lowest BCUT2D eigenvalue weighted by Gasteiger charge is -2.23. The minimum Gasteiger partial charge on any atom is -0.489 e. The third kappa shape index (κ3) is 4.04. The second kappa shape index (κ2) is 8.89. The van der Waals surface area contributed by atoms with Gasteiger partial charge in [0, 0.05) is 34.9 Å². The molecule has 1 aromatic carbocycles. The number of imidazole rings is 1. The fraction of sp³-hybridized carbons (Fsp3) is 0.241. The molecule has 1 saturated carbocycles. The van der Waals surface area contributed by atoms with E-state index in [9.17, 15) is 0 Å². The molecule has 0 aliphatic heterocycles. The Morgan fingerprint density at radius 3 is 2.70 bits per heavy atom. The van der Waals surface area contributed by atoms with E-state index in [1.54, 1.807) is 6.33 Å². The van der Waals surface area contributed by atoms with Crippen molar-refractivity contribution in [3.8, 4) is 34.1 Å². The smallest absolute Gasteiger partial charge is 0.147 e. The number of aromatic amines is 2. The number of aryl methyl sites for hydroxylation is 1. The van der Waals surface area contributed by atoms with Gasteiger partial charge in [-0.3, -0.25) is 14.6 Å². The largest absolute Gasteiger partial charge is 0.489 e. The van der Waals surface area contributed by atoms with Crippen molar-refractivity contribution in [1.82, 2.24) is 34.7 Å². The maximum atomic E-state index is 6.27. The average molecular weight is 490 g/mol. The predicted molar refractivity (Wildman–Crippen MR) is 144 cm³/mol. The minimum absolute atomic E-state index is 0.293. The van der Waals surface area contributed by atoms with Gasteiger partial charge in [0.15, 0.2) is 0 Å². The topological polar surface area (TPSA) is 97.3 Å². The van der Waals surface area contributed by atoms with Gasteiger partial charge in [0.05, 0.1) is 34.7 Å². The number of rotatable bonds is 5. The van der Waals surface area contributed by atoms with E-state index >= 15 is 0 Å². The SMILES string of the molecule is Cc1cn(-c2nccc3[nH]c(-c4n[nH]c5ccc(-c6cncc(OC7CCCCC7)c6)cc45)cc23)cn1. The Morgan fingerprint density at radius 2 is 1.84 bits per heavy atom. The van der Waals surface area contributed by atoms with Crippen molar-refractivity contribution >= 4 is 21.8 Å². The van der Waals surface area contributed by atoms with E-state index in [0.29, 0.717) is 6.10 Å². The molecule has 1 aliphatic rings. The molecule has 0 atom stereocenters. The van der Waals surface area contributed by atoms with Crippen LogP contribution in [-0.2, 0) is 0 Å². The third-order valence-corrected chi connectivity index (χ3v) is 7.20. The van der Waals surface area contributed by atoms with Gasteiger partial charge >= 0.3 is 0 Å². The van der Waals surface area contributed by atoms with Crippen LogP contribution < -0.4 is 4.74 Å². The van der Waals surface area contributed by atoms with Gasteiger partial charge in [0.1, 0.15) is 23.6 Å². The van der Waals surface area contributed by atoms with Crippen molar-refractivity contribution < 1.29 is 4.74 Å². The number of ether oxygens (including phenoxy) is 1. The molecule has 7 rings (SSSR count). The van der Waals surface area contributed by atoms with E-state index < -0.39 is 0 Å². The Morgan fingerprint density at radius 1 is 0.919 bits per heavy atom. The molecule has 184 valence electrons. The van der Waals surface area contributed by atoms with Crippen LogP contribution in [0.15, 0.2) is 67.5 Å². The van der Waals surface area contributed by atoms with Crippen molar-refractivity contribution in [2.24, 2.45) is 0 Å². The zero-order chi connectivity index (χ0) is 24.8. The number of hydrogen-bond donors (Lipinski definition) is 2. The lowest BCUT2D eigenvalue weighted by molar-refractivity contribution is 0.154. The fourth-order valence-corrected chi connectivity index (χ4v) is 5.32. The zero-order valence-electron chi connectivity index (χ0n) is 20.6. The van der Waals surface area contributed by atoms with Crippen molar-refractivity contribution in [2.45, 2.75) is 45.1 Å². The third-order valence-electron chi connectivity index (χ3n) is 7.20. The molecular formula is C29H27N7O. The summed E-state index contributed by atoms with van der Waals surface area (Å²) >= 11 is 0. The highest BCUT2D eigenvalue weighted by Gasteiger charge is 2.17. The van der Waals surface area contributed by atoms with Gasteiger partial charge in [0.25, 0.3) is 0 Å². The Kier molecular flexibility index (Phi) is 5.23. The van der Waals surface area contributed by atoms with Gasteiger partial charge in [-0.2, -0.15) is 5.10 Å². The molecular weight excluding hydrogens is 462 g/mol. The summed E-state index contributed by atoms with van der Waals surface area (Å²) in [7, 11) is 0. The summed E-state index contributed by atoms with van der Waals surface area (Å²) in [6.07, 6.45) is 15.6. The van der Waals surface area contributed by atoms with Crippen molar-refractivity contribution in [3.05, 3.63) is 73.2 Å². The highest BCUT2D eigenvalue weighted by molar-refractivity contribution is 5.98. The van der Waals surface area contributed by atoms with Crippen molar-refractivity contribution in [2.75, 3.05) is 0 Å². The van der Waals surface area contributed by atoms with Gasteiger partial charge < -0.3 is 9.72 Å². The number of hydrogen-bond acceptors (Lipinski definition) is 5. The first-order valence-electron chi connectivity index (χ1n) is 12.8. The normalized spacial score (nSPS) is 14.5. The van der Waals surface area contributed by atoms with Crippen LogP contribution in [0.25, 0.3) is 50.1 Å². The lowest BCUT2D eigenvalue weighted by atomic mass is 9.98. The second-order valence-corrected chi connectivity index (χ2v) is 9.82. The number of aromatic nitrogens is 7. The number of pyridine rings is 2. The number of nitrogens with one attached hydrogen (secondary N) is 2. The molecule has 6 aromatic rings. The molecule has 8 heteroatoms. The van der Waals surface area contributed by atoms with E-state index in [1.807, 2.05) is 42.3 Å². The fourth-order valence-electron chi connectivity index (χ4n) is 5.32. The van der Waals surface area contributed by atoms with Gasteiger partial charge in [-0.05, 0) is 68.5 Å². The highest BCUT2D eigenvalue weighted by atomic mass is 16.5. The van der Waals surface area contributed by atoms with Crippen LogP contribution in [0.4, 0.5) is 0 Å². The number of H-pyrrole nitrogens is 2. The van der Waals surface area contributed by atoms with Gasteiger partial charge in [-0.1, -0.05) is 12.5 Å². The molecule has 1 fully saturated rings. The first kappa shape index (κ1) is 21.8. The zero-order valence-corrected chi connectivity index (χ0v) is 20.6. The van der Waals surface area contributed by atoms with Crippen molar-refractivity contribution in [3.63, 3.8) is 0 Å². The van der Waals surface area contributed by atoms with Crippen LogP contribution >= 0.6 is 0 Å². The summed E-state index contributed by atoms with van der Waals surface area (Å²) in [6, 6.07) is 12.5. The number of benzene rings is 1. The van der Waals surface area contributed by atoms with Gasteiger partial charge in [0.2, 0.25) is 0 Å². The monoisotopic (exact) mass is 489 g/mol. The molecule has 0 unspecified atom stereocenters. The first-order valence-corrected chi connectivity index (χ1v) is 12.8. The molecule has 8 nitrogen and oxygen atoms in total. The van der Waals surface area contributed by atoms with Gasteiger partial charge in [-0.15, -0.1) is 0 Å². The van der Waals surface area contributed by atoms with Crippen LogP contribution in [-0.4, -0.2) is 40.8 Å². The summed E-state index contributed by atoms with van der Waals surface area (Å²) in [5.74, 6) is 1.67. The van der Waals surface area contributed by atoms with E-state index in [1.165, 1.54) is 19.3 Å². The minimum atomic E-state index is 0.293. The molecule has 37 heavy (non-hydrogen) atoms. The Hall–Kier alpha value is -4.46. The predicted octanol–water partition coefficient (Wildman–Crippen LogP) is 6.37. The van der Waals surface area contributed by atoms with Crippen molar-refractivity contribution in [1.29, 1.82) is 0 Å². The van der Waals surface area contributed by atoms with E-state index in [2.05, 4.69) is 60.5 Å². The summed E-state index contributed by atoms with van der Waals surface area (Å²) in [4.78, 5) is 17.0. The summed E-state index contributed by atoms with van der Waals surface area (Å²) in [5, 5.41) is 9.90. The maximum Gasteiger partial charge on any atom is 0.147 e. The molecule has 0 amide bonds. The first-order chi connectivity index (χ1) is 18.2. The van der Waals surface area contributed by atoms with E-state index in [-0.39, 0.29) is 0 Å². The summed E-state index contributed by atoms with van der Waals surface area (Å²) < 4.78 is 8.22. The molecule has 2 N–H and O–H groups in total. The molecule has 1 aliphatic carbocycles. The molecule has 0 spiro atoms. The van der Waals surface area contributed by atoms with E-state index in [0.717, 1.165) is 74.4 Å². The van der Waals surface area contributed by atoms with E-state index in [4.69, 9.17) is 4.74 Å². The summed E-state index contributed by atoms with van der Waals surface area (Å²) in [5.41, 5.74) is 6.81. The van der Waals surface area contributed by atoms with Crippen LogP contribution in [0, 0.1) is 6.92 Å². The molecule has 0 saturated heterocycles. The lowest BCUT2D eigenvalue weighted by Crippen LogP contribution is -2.19. The molecule has 5 heterocycles. The second-order valence-electron chi connectivity index (χ2n) is 9.82. The molecule has 0 bridgehead atoms. The Labute approximate surface area is 213 Å². The van der Waals surface area contributed by atoms with Gasteiger partial charge in [-0.25, -0.2) is 9.97 Å². The number of nitrogens with zero attached hydrogens (tertiary/aromatic N) is 5. The Balaban J connectivity index is 1.26. The molecule has 0 radical (unpaired) electrons. The number of fused-ring (bicyclic) bond motifs is 2. The summed E-state index contributed by atoms with van der Waals surface area (Å²) in [6.45, 7) is 1.97. The van der Waals surface area contributed by atoms with Crippen LogP contribution in [0.5, 0.6) is 5.75 Å². The Bertz CT molecular complexity index is 1720. The quantitative estimate of drug-likeness (QED) is 0.293.